The summed E-state index contributed by atoms with van der Waals surface area (Å²) in [4.78, 5) is 10.4. The minimum absolute atomic E-state index is 0.522. The molecule has 2 aliphatic carbocycles. The Labute approximate surface area is 297 Å². The van der Waals surface area contributed by atoms with Gasteiger partial charge in [-0.3, -0.25) is 0 Å². The molecule has 0 radical (unpaired) electrons. The van der Waals surface area contributed by atoms with Crippen molar-refractivity contribution in [3.8, 4) is 68.5 Å². The molecule has 2 heterocycles. The first-order chi connectivity index (χ1) is 25.2. The summed E-state index contributed by atoms with van der Waals surface area (Å²) >= 11 is 0. The molecular formula is C48H30N2O. The first-order valence-corrected chi connectivity index (χ1v) is 17.1. The molecule has 0 spiro atoms. The molecule has 0 bridgehead atoms. The molecule has 5 aromatic carbocycles. The molecule has 0 saturated carbocycles. The number of allylic oxidation sites excluding steroid dienone is 8. The Morgan fingerprint density at radius 2 is 1.14 bits per heavy atom. The first kappa shape index (κ1) is 30.1. The molecule has 3 nitrogen and oxygen atoms in total. The van der Waals surface area contributed by atoms with Crippen molar-refractivity contribution in [3.05, 3.63) is 175 Å². The minimum Gasteiger partial charge on any atom is -0.456 e. The van der Waals surface area contributed by atoms with Crippen molar-refractivity contribution >= 4 is 27.5 Å². The van der Waals surface area contributed by atoms with E-state index in [2.05, 4.69) is 139 Å². The largest absolute Gasteiger partial charge is 0.456 e. The first-order valence-electron chi connectivity index (χ1n) is 17.1. The van der Waals surface area contributed by atoms with Crippen LogP contribution in [0.2, 0.25) is 0 Å². The lowest BCUT2D eigenvalue weighted by atomic mass is 9.97. The van der Waals surface area contributed by atoms with Crippen molar-refractivity contribution in [2.24, 2.45) is 0 Å². The number of aromatic nitrogens is 2. The van der Waals surface area contributed by atoms with Gasteiger partial charge in [0, 0.05) is 51.5 Å². The van der Waals surface area contributed by atoms with Gasteiger partial charge in [0.05, 0.1) is 11.4 Å². The van der Waals surface area contributed by atoms with Gasteiger partial charge in [-0.15, -0.1) is 0 Å². The molecule has 0 fully saturated rings. The van der Waals surface area contributed by atoms with Crippen molar-refractivity contribution in [2.45, 2.75) is 12.8 Å². The zero-order valence-electron chi connectivity index (χ0n) is 27.7. The van der Waals surface area contributed by atoms with Gasteiger partial charge in [0.15, 0.2) is 5.82 Å². The van der Waals surface area contributed by atoms with E-state index in [1.807, 2.05) is 42.5 Å². The predicted molar refractivity (Wildman–Crippen MR) is 209 cm³/mol. The highest BCUT2D eigenvalue weighted by Gasteiger charge is 2.16. The zero-order valence-corrected chi connectivity index (χ0v) is 27.7. The van der Waals surface area contributed by atoms with Gasteiger partial charge in [0.25, 0.3) is 0 Å². The van der Waals surface area contributed by atoms with Gasteiger partial charge < -0.3 is 4.42 Å². The van der Waals surface area contributed by atoms with Crippen LogP contribution < -0.4 is 0 Å². The highest BCUT2D eigenvalue weighted by Crippen LogP contribution is 2.35. The molecule has 0 N–H and O–H groups in total. The molecule has 238 valence electrons. The fraction of sp³-hybridized carbons (Fsp3) is 0.0417. The van der Waals surface area contributed by atoms with E-state index in [1.165, 1.54) is 11.1 Å². The molecule has 3 heteroatoms. The van der Waals surface area contributed by atoms with Crippen molar-refractivity contribution in [3.63, 3.8) is 0 Å². The Kier molecular flexibility index (Phi) is 7.78. The number of rotatable bonds is 6. The van der Waals surface area contributed by atoms with Gasteiger partial charge in [0.2, 0.25) is 0 Å². The van der Waals surface area contributed by atoms with Gasteiger partial charge in [-0.05, 0) is 70.8 Å². The van der Waals surface area contributed by atoms with Crippen LogP contribution in [-0.4, -0.2) is 9.97 Å². The lowest BCUT2D eigenvalue weighted by Gasteiger charge is -2.12. The van der Waals surface area contributed by atoms with Crippen LogP contribution in [0, 0.1) is 23.7 Å². The topological polar surface area (TPSA) is 38.9 Å². The van der Waals surface area contributed by atoms with Gasteiger partial charge >= 0.3 is 0 Å². The summed E-state index contributed by atoms with van der Waals surface area (Å²) in [5.41, 5.74) is 12.7. The molecule has 9 rings (SSSR count). The van der Waals surface area contributed by atoms with Crippen molar-refractivity contribution in [2.75, 3.05) is 0 Å². The maximum Gasteiger partial charge on any atom is 0.157 e. The maximum atomic E-state index is 6.28. The molecule has 2 aromatic heterocycles. The van der Waals surface area contributed by atoms with Crippen LogP contribution in [0.5, 0.6) is 0 Å². The monoisotopic (exact) mass is 650 g/mol. The van der Waals surface area contributed by atoms with E-state index in [-0.39, 0.29) is 0 Å². The Hall–Kier alpha value is -6.94. The van der Waals surface area contributed by atoms with Gasteiger partial charge in [0.1, 0.15) is 11.2 Å². The quantitative estimate of drug-likeness (QED) is 0.168. The van der Waals surface area contributed by atoms with Crippen LogP contribution in [0.1, 0.15) is 18.7 Å². The standard InChI is InChI=1S/C48H30N2O/c1-2-5-14-33(13-4-1)35-17-10-18-36(26-25-35)48-49-44(32-45(50-48)41-27-28-43-42-23-8-9-24-46(42)51-47(43)31-41)40-22-12-21-39(30-40)38-20-11-19-37(29-38)34-15-6-3-7-16-34/h1,3-4,6-9,11-13,15-16,19-32H,2,18H2. The van der Waals surface area contributed by atoms with E-state index in [9.17, 15) is 0 Å². The van der Waals surface area contributed by atoms with Gasteiger partial charge in [-0.2, -0.15) is 0 Å². The Morgan fingerprint density at radius 1 is 0.490 bits per heavy atom. The van der Waals surface area contributed by atoms with Crippen molar-refractivity contribution < 1.29 is 4.42 Å². The summed E-state index contributed by atoms with van der Waals surface area (Å²) < 4.78 is 6.28. The number of benzene rings is 5. The second-order valence-electron chi connectivity index (χ2n) is 12.6. The summed E-state index contributed by atoms with van der Waals surface area (Å²) in [6.45, 7) is 0. The Morgan fingerprint density at radius 3 is 1.98 bits per heavy atom. The van der Waals surface area contributed by atoms with Crippen LogP contribution in [0.25, 0.3) is 72.3 Å². The summed E-state index contributed by atoms with van der Waals surface area (Å²) in [6.07, 6.45) is 11.5. The van der Waals surface area contributed by atoms with Crippen LogP contribution in [0.4, 0.5) is 0 Å². The molecule has 0 saturated heterocycles. The maximum absolute atomic E-state index is 6.28. The Bertz CT molecular complexity index is 2750. The zero-order chi connectivity index (χ0) is 34.0. The number of para-hydroxylation sites is 1. The lowest BCUT2D eigenvalue weighted by molar-refractivity contribution is 0.669. The highest BCUT2D eigenvalue weighted by molar-refractivity contribution is 6.05. The minimum atomic E-state index is 0.522. The molecule has 7 aromatic rings. The third-order valence-electron chi connectivity index (χ3n) is 9.23. The normalized spacial score (nSPS) is 13.6. The van der Waals surface area contributed by atoms with Crippen molar-refractivity contribution in [1.29, 1.82) is 0 Å². The third-order valence-corrected chi connectivity index (χ3v) is 9.23. The van der Waals surface area contributed by atoms with Crippen LogP contribution in [0.15, 0.2) is 173 Å². The van der Waals surface area contributed by atoms with E-state index in [1.54, 1.807) is 0 Å². The van der Waals surface area contributed by atoms with E-state index >= 15 is 0 Å². The molecule has 0 aliphatic heterocycles. The van der Waals surface area contributed by atoms with Gasteiger partial charge in [-0.25, -0.2) is 9.97 Å². The van der Waals surface area contributed by atoms with E-state index in [0.717, 1.165) is 78.7 Å². The summed E-state index contributed by atoms with van der Waals surface area (Å²) in [6, 6.07) is 44.3. The average molecular weight is 651 g/mol. The SMILES string of the molecule is C1#CC(C2=CC=C(c3nc(-c4cccc(-c5cccc(-c6ccccc6)c5)c4)cc(-c4ccc5c(c4)oc4ccccc45)n3)CC#C2)=CC=CC1. The summed E-state index contributed by atoms with van der Waals surface area (Å²) in [5.74, 6) is 13.8. The predicted octanol–water partition coefficient (Wildman–Crippen LogP) is 11.7. The highest BCUT2D eigenvalue weighted by atomic mass is 16.3. The lowest BCUT2D eigenvalue weighted by Crippen LogP contribution is -1.99. The van der Waals surface area contributed by atoms with Crippen LogP contribution in [0.3, 0.4) is 0 Å². The van der Waals surface area contributed by atoms with Gasteiger partial charge in [-0.1, -0.05) is 133 Å². The summed E-state index contributed by atoms with van der Waals surface area (Å²) in [5, 5.41) is 2.18. The molecular weight excluding hydrogens is 621 g/mol. The summed E-state index contributed by atoms with van der Waals surface area (Å²) in [7, 11) is 0. The number of hydrogen-bond acceptors (Lipinski definition) is 3. The smallest absolute Gasteiger partial charge is 0.157 e. The Balaban J connectivity index is 1.16. The van der Waals surface area contributed by atoms with Crippen LogP contribution >= 0.6 is 0 Å². The molecule has 51 heavy (non-hydrogen) atoms. The number of hydrogen-bond donors (Lipinski definition) is 0. The van der Waals surface area contributed by atoms with E-state index in [0.29, 0.717) is 12.2 Å². The van der Waals surface area contributed by atoms with Crippen molar-refractivity contribution in [1.82, 2.24) is 9.97 Å². The fourth-order valence-electron chi connectivity index (χ4n) is 6.60. The second-order valence-corrected chi connectivity index (χ2v) is 12.6. The number of furan rings is 1. The molecule has 2 aliphatic rings. The number of fused-ring (bicyclic) bond motifs is 3. The van der Waals surface area contributed by atoms with E-state index < -0.39 is 0 Å². The second kappa shape index (κ2) is 13.2. The third kappa shape index (κ3) is 6.10. The molecule has 0 unspecified atom stereocenters. The van der Waals surface area contributed by atoms with E-state index in [4.69, 9.17) is 14.4 Å². The average Bonchev–Trinajstić information content (AvgIpc) is 3.37. The fourth-order valence-corrected chi connectivity index (χ4v) is 6.60. The molecule has 0 amide bonds. The van der Waals surface area contributed by atoms with Crippen LogP contribution in [-0.2, 0) is 0 Å². The molecule has 0 atom stereocenters. The number of nitrogens with zero attached hydrogens (tertiary/aromatic N) is 2.